The van der Waals surface area contributed by atoms with Gasteiger partial charge < -0.3 is 20.4 Å². The average Bonchev–Trinajstić information content (AvgIpc) is 3.17. The van der Waals surface area contributed by atoms with Crippen molar-refractivity contribution >= 4 is 18.5 Å². The molecule has 0 aliphatic carbocycles. The number of carbonyl (C=O) groups is 3. The van der Waals surface area contributed by atoms with E-state index in [9.17, 15) is 49.5 Å². The van der Waals surface area contributed by atoms with Crippen LogP contribution < -0.4 is 0 Å². The molecule has 5 aromatic carbocycles. The van der Waals surface area contributed by atoms with Crippen LogP contribution in [-0.2, 0) is 19.8 Å². The number of hydrogen-bond acceptors (Lipinski definition) is 7. The van der Waals surface area contributed by atoms with E-state index in [2.05, 4.69) is 0 Å². The molecule has 0 bridgehead atoms. The number of nitrogens with zero attached hydrogens (tertiary/aromatic N) is 1. The summed E-state index contributed by atoms with van der Waals surface area (Å²) in [5, 5.41) is 42.5. The van der Waals surface area contributed by atoms with Gasteiger partial charge in [-0.25, -0.2) is 39.9 Å². The number of rotatable bonds is 6. The minimum absolute atomic E-state index is 0.00639. The monoisotopic (exact) mass is 791 g/mol. The van der Waals surface area contributed by atoms with E-state index in [0.29, 0.717) is 23.5 Å². The molecule has 5 rings (SSSR count). The highest BCUT2D eigenvalue weighted by Gasteiger charge is 2.13. The molecule has 0 aliphatic rings. The average molecular weight is 792 g/mol. The first-order valence-electron chi connectivity index (χ1n) is 15.7. The fourth-order valence-electron chi connectivity index (χ4n) is 3.91. The number of hydrogen-bond donors (Lipinski definition) is 4. The zero-order valence-corrected chi connectivity index (χ0v) is 29.7. The lowest BCUT2D eigenvalue weighted by Gasteiger charge is -2.00. The molecule has 0 aromatic heterocycles. The number of aromatic carboxylic acids is 1. The van der Waals surface area contributed by atoms with Crippen molar-refractivity contribution in [1.82, 2.24) is 0 Å². The highest BCUT2D eigenvalue weighted by atomic mass is 19.2. The summed E-state index contributed by atoms with van der Waals surface area (Å²) in [5.41, 5.74) is 0.689. The normalized spacial score (nSPS) is 9.73. The van der Waals surface area contributed by atoms with Crippen molar-refractivity contribution in [2.75, 3.05) is 0 Å². The summed E-state index contributed by atoms with van der Waals surface area (Å²) in [7, 11) is 0. The quantitative estimate of drug-likeness (QED) is 0.0993. The smallest absolute Gasteiger partial charge is 0.338 e. The Labute approximate surface area is 315 Å². The Bertz CT molecular complexity index is 2190. The molecular weight excluding hydrogens is 758 g/mol. The highest BCUT2D eigenvalue weighted by Crippen LogP contribution is 2.15. The lowest BCUT2D eigenvalue weighted by molar-refractivity contribution is 0.0690. The number of nitriles is 1. The van der Waals surface area contributed by atoms with Crippen molar-refractivity contribution in [2.24, 2.45) is 0 Å². The zero-order valence-electron chi connectivity index (χ0n) is 29.7. The van der Waals surface area contributed by atoms with Crippen molar-refractivity contribution in [1.29, 1.82) is 5.26 Å². The molecule has 0 saturated heterocycles. The largest absolute Gasteiger partial charge is 0.478 e. The van der Waals surface area contributed by atoms with Gasteiger partial charge in [-0.15, -0.1) is 0 Å². The van der Waals surface area contributed by atoms with Gasteiger partial charge in [-0.3, -0.25) is 9.59 Å². The summed E-state index contributed by atoms with van der Waals surface area (Å²) in [6.45, 7) is 3.45. The van der Waals surface area contributed by atoms with Crippen LogP contribution in [0.3, 0.4) is 0 Å². The Morgan fingerprint density at radius 1 is 0.554 bits per heavy atom. The molecule has 8 nitrogen and oxygen atoms in total. The van der Waals surface area contributed by atoms with E-state index in [0.717, 1.165) is 36.4 Å². The fraction of sp³-hybridized carbons (Fsp3) is 0.150. The fourth-order valence-corrected chi connectivity index (χ4v) is 3.91. The SMILES string of the molecule is Cc1cc(F)c(C(=O)O)cc1F.Cc1cc(F)c(C=O)cc1F.Cc1cc(F)c(CO)cc1F.N#Cc1cc(CO)ccc1F.O=Cc1cc(CO)ccc1F. The molecule has 0 heterocycles. The summed E-state index contributed by atoms with van der Waals surface area (Å²) in [4.78, 5) is 30.5. The minimum Gasteiger partial charge on any atom is -0.478 e. The third-order valence-corrected chi connectivity index (χ3v) is 7.09. The van der Waals surface area contributed by atoms with E-state index < -0.39 is 64.7 Å². The number of halogens is 8. The van der Waals surface area contributed by atoms with Crippen LogP contribution in [0.25, 0.3) is 0 Å². The third-order valence-electron chi connectivity index (χ3n) is 7.09. The second-order valence-electron chi connectivity index (χ2n) is 11.2. The molecule has 5 aromatic rings. The maximum atomic E-state index is 12.7. The molecule has 0 aliphatic heterocycles. The van der Waals surface area contributed by atoms with Crippen LogP contribution in [0.4, 0.5) is 35.1 Å². The van der Waals surface area contributed by atoms with E-state index in [4.69, 9.17) is 25.7 Å². The van der Waals surface area contributed by atoms with Gasteiger partial charge in [0.15, 0.2) is 12.6 Å². The number of aliphatic hydroxyl groups is 3. The number of carbonyl (C=O) groups excluding carboxylic acids is 2. The van der Waals surface area contributed by atoms with Crippen molar-refractivity contribution in [3.8, 4) is 6.07 Å². The molecule has 0 fully saturated rings. The van der Waals surface area contributed by atoms with Gasteiger partial charge in [0, 0.05) is 5.56 Å². The molecule has 0 amide bonds. The van der Waals surface area contributed by atoms with Gasteiger partial charge in [-0.2, -0.15) is 5.26 Å². The first-order valence-corrected chi connectivity index (χ1v) is 15.7. The molecule has 16 heteroatoms. The number of carboxylic acids is 1. The van der Waals surface area contributed by atoms with Crippen molar-refractivity contribution in [2.45, 2.75) is 40.6 Å². The second-order valence-corrected chi connectivity index (χ2v) is 11.2. The van der Waals surface area contributed by atoms with Crippen molar-refractivity contribution < 1.29 is 69.9 Å². The Balaban J connectivity index is 0.000000350. The van der Waals surface area contributed by atoms with E-state index >= 15 is 0 Å². The summed E-state index contributed by atoms with van der Waals surface area (Å²) in [6.07, 6.45) is 0.715. The molecule has 56 heavy (non-hydrogen) atoms. The van der Waals surface area contributed by atoms with Crippen LogP contribution in [0.15, 0.2) is 72.8 Å². The summed E-state index contributed by atoms with van der Waals surface area (Å²) in [5.74, 6) is -6.50. The van der Waals surface area contributed by atoms with Crippen molar-refractivity contribution in [3.05, 3.63) is 175 Å². The third kappa shape index (κ3) is 14.9. The number of aliphatic hydroxyl groups excluding tert-OH is 3. The van der Waals surface area contributed by atoms with E-state index in [-0.39, 0.29) is 58.4 Å². The Kier molecular flexibility index (Phi) is 20.0. The predicted octanol–water partition coefficient (Wildman–Crippen LogP) is 8.14. The van der Waals surface area contributed by atoms with Crippen LogP contribution >= 0.6 is 0 Å². The van der Waals surface area contributed by atoms with E-state index in [1.165, 1.54) is 51.1 Å². The molecule has 0 unspecified atom stereocenters. The molecular formula is C40H33F8NO7. The van der Waals surface area contributed by atoms with Gasteiger partial charge in [0.05, 0.1) is 42.1 Å². The number of carboxylic acid groups (broad SMARTS) is 1. The lowest BCUT2D eigenvalue weighted by atomic mass is 10.1. The first kappa shape index (κ1) is 47.7. The first-order chi connectivity index (χ1) is 26.4. The Hall–Kier alpha value is -6.28. The van der Waals surface area contributed by atoms with Crippen LogP contribution in [0.2, 0.25) is 0 Å². The Morgan fingerprint density at radius 2 is 1.00 bits per heavy atom. The zero-order chi connectivity index (χ0) is 42.7. The number of benzene rings is 5. The highest BCUT2D eigenvalue weighted by molar-refractivity contribution is 5.88. The van der Waals surface area contributed by atoms with Gasteiger partial charge in [-0.05, 0) is 109 Å². The van der Waals surface area contributed by atoms with Gasteiger partial charge in [0.25, 0.3) is 0 Å². The standard InChI is InChI=1S/C8H6F2O2.C8H8F2O.C8H6F2O.C8H6FNO.C8H7FO2/c1-4-2-7(10)5(8(11)12)3-6(4)9;2*1-5-2-8(10)6(4-11)3-7(5)9;9-8-2-1-6(5-11)3-7(8)4-10;9-8-2-1-6(4-10)3-7(8)5-11/h2-3H,1H3,(H,11,12);2-3,11H,4H2,1H3;2-4H,1H3;1-3,11H,5H2;1-3,5,10H,4H2. The number of aryl methyl sites for hydroxylation is 3. The van der Waals surface area contributed by atoms with Crippen LogP contribution in [0.1, 0.15) is 70.0 Å². The van der Waals surface area contributed by atoms with Crippen LogP contribution in [-0.4, -0.2) is 39.0 Å². The second kappa shape index (κ2) is 23.5. The van der Waals surface area contributed by atoms with Crippen LogP contribution in [0, 0.1) is 78.6 Å². The number of aldehydes is 2. The van der Waals surface area contributed by atoms with Gasteiger partial charge in [-0.1, -0.05) is 12.1 Å². The summed E-state index contributed by atoms with van der Waals surface area (Å²) < 4.78 is 101. The molecule has 0 atom stereocenters. The molecule has 296 valence electrons. The molecule has 0 saturated carbocycles. The topological polar surface area (TPSA) is 156 Å². The summed E-state index contributed by atoms with van der Waals surface area (Å²) in [6, 6.07) is 15.0. The Morgan fingerprint density at radius 3 is 1.48 bits per heavy atom. The van der Waals surface area contributed by atoms with Crippen LogP contribution in [0.5, 0.6) is 0 Å². The maximum absolute atomic E-state index is 12.7. The summed E-state index contributed by atoms with van der Waals surface area (Å²) >= 11 is 0. The molecule has 0 spiro atoms. The van der Waals surface area contributed by atoms with Crippen molar-refractivity contribution in [3.63, 3.8) is 0 Å². The van der Waals surface area contributed by atoms with Gasteiger partial charge >= 0.3 is 5.97 Å². The van der Waals surface area contributed by atoms with Gasteiger partial charge in [0.2, 0.25) is 0 Å². The molecule has 4 N–H and O–H groups in total. The van der Waals surface area contributed by atoms with E-state index in [1.54, 1.807) is 6.07 Å². The maximum Gasteiger partial charge on any atom is 0.338 e. The van der Waals surface area contributed by atoms with E-state index in [1.807, 2.05) is 0 Å². The molecule has 0 radical (unpaired) electrons. The minimum atomic E-state index is -1.47. The predicted molar refractivity (Wildman–Crippen MR) is 186 cm³/mol. The lowest BCUT2D eigenvalue weighted by Crippen LogP contribution is -2.02. The van der Waals surface area contributed by atoms with Gasteiger partial charge in [0.1, 0.15) is 52.6 Å².